The Morgan fingerprint density at radius 1 is 0.875 bits per heavy atom. The monoisotopic (exact) mass is 209 g/mol. The summed E-state index contributed by atoms with van der Waals surface area (Å²) >= 11 is 0. The number of para-hydroxylation sites is 1. The Morgan fingerprint density at radius 2 is 1.62 bits per heavy atom. The van der Waals surface area contributed by atoms with Gasteiger partial charge in [-0.15, -0.1) is 0 Å². The quantitative estimate of drug-likeness (QED) is 0.756. The van der Waals surface area contributed by atoms with E-state index in [0.717, 1.165) is 6.54 Å². The van der Waals surface area contributed by atoms with E-state index in [9.17, 15) is 0 Å². The van der Waals surface area contributed by atoms with Gasteiger partial charge in [-0.2, -0.15) is 0 Å². The molecule has 80 valence electrons. The van der Waals surface area contributed by atoms with Gasteiger partial charge in [-0.1, -0.05) is 48.5 Å². The molecule has 0 radical (unpaired) electrons. The highest BCUT2D eigenvalue weighted by atomic mass is 14.9. The van der Waals surface area contributed by atoms with Crippen molar-refractivity contribution < 1.29 is 0 Å². The minimum atomic E-state index is 0.554. The van der Waals surface area contributed by atoms with Crippen LogP contribution in [0.4, 0.5) is 5.69 Å². The number of anilines is 1. The molecule has 1 aliphatic heterocycles. The predicted octanol–water partition coefficient (Wildman–Crippen LogP) is 3.63. The molecule has 1 nitrogen and oxygen atoms in total. The Kier molecular flexibility index (Phi) is 2.37. The molecule has 0 saturated heterocycles. The van der Waals surface area contributed by atoms with Crippen LogP contribution in [0.15, 0.2) is 54.6 Å². The predicted molar refractivity (Wildman–Crippen MR) is 67.8 cm³/mol. The molecule has 0 amide bonds. The normalized spacial score (nSPS) is 18.6. The van der Waals surface area contributed by atoms with Crippen LogP contribution in [0.5, 0.6) is 0 Å². The van der Waals surface area contributed by atoms with Crippen molar-refractivity contribution in [2.24, 2.45) is 0 Å². The Bertz CT molecular complexity index is 476. The van der Waals surface area contributed by atoms with E-state index in [0.29, 0.717) is 5.92 Å². The van der Waals surface area contributed by atoms with Crippen LogP contribution in [0.25, 0.3) is 0 Å². The first-order valence-electron chi connectivity index (χ1n) is 5.83. The third-order valence-electron chi connectivity index (χ3n) is 3.29. The highest BCUT2D eigenvalue weighted by molar-refractivity contribution is 5.57. The van der Waals surface area contributed by atoms with Crippen LogP contribution in [-0.4, -0.2) is 6.54 Å². The topological polar surface area (TPSA) is 12.0 Å². The van der Waals surface area contributed by atoms with Gasteiger partial charge in [0.2, 0.25) is 0 Å². The first-order chi connectivity index (χ1) is 7.95. The molecule has 0 spiro atoms. The minimum Gasteiger partial charge on any atom is -0.385 e. The first-order valence-corrected chi connectivity index (χ1v) is 5.83. The first kappa shape index (κ1) is 9.46. The molecule has 0 fully saturated rings. The molecule has 16 heavy (non-hydrogen) atoms. The summed E-state index contributed by atoms with van der Waals surface area (Å²) in [6, 6.07) is 19.4. The number of hydrogen-bond acceptors (Lipinski definition) is 1. The van der Waals surface area contributed by atoms with Crippen molar-refractivity contribution in [2.75, 3.05) is 11.9 Å². The fourth-order valence-electron chi connectivity index (χ4n) is 2.50. The number of nitrogens with one attached hydrogen (secondary N) is 1. The highest BCUT2D eigenvalue weighted by Crippen LogP contribution is 2.35. The van der Waals surface area contributed by atoms with Gasteiger partial charge in [-0.25, -0.2) is 0 Å². The summed E-state index contributed by atoms with van der Waals surface area (Å²) in [5, 5.41) is 3.46. The van der Waals surface area contributed by atoms with E-state index in [1.54, 1.807) is 0 Å². The maximum absolute atomic E-state index is 3.46. The van der Waals surface area contributed by atoms with Gasteiger partial charge in [-0.05, 0) is 23.6 Å². The average molecular weight is 209 g/mol. The van der Waals surface area contributed by atoms with E-state index in [1.807, 2.05) is 0 Å². The third-order valence-corrected chi connectivity index (χ3v) is 3.29. The molecule has 3 rings (SSSR count). The van der Waals surface area contributed by atoms with Gasteiger partial charge in [-0.3, -0.25) is 0 Å². The summed E-state index contributed by atoms with van der Waals surface area (Å²) < 4.78 is 0. The lowest BCUT2D eigenvalue weighted by molar-refractivity contribution is 0.720. The second-order valence-corrected chi connectivity index (χ2v) is 4.27. The van der Waals surface area contributed by atoms with Crippen molar-refractivity contribution in [3.63, 3.8) is 0 Å². The smallest absolute Gasteiger partial charge is 0.0379 e. The van der Waals surface area contributed by atoms with E-state index >= 15 is 0 Å². The van der Waals surface area contributed by atoms with Crippen LogP contribution in [-0.2, 0) is 0 Å². The minimum absolute atomic E-state index is 0.554. The van der Waals surface area contributed by atoms with Gasteiger partial charge < -0.3 is 5.32 Å². The summed E-state index contributed by atoms with van der Waals surface area (Å²) in [6.45, 7) is 1.07. The fourth-order valence-corrected chi connectivity index (χ4v) is 2.50. The molecule has 1 atom stereocenters. The zero-order valence-electron chi connectivity index (χ0n) is 9.19. The van der Waals surface area contributed by atoms with Crippen molar-refractivity contribution in [1.82, 2.24) is 0 Å². The standard InChI is InChI=1S/C15H15N/c1-2-6-12(7-3-1)13-10-11-16-15-9-5-4-8-14(13)15/h1-9,13,16H,10-11H2. The summed E-state index contributed by atoms with van der Waals surface area (Å²) in [4.78, 5) is 0. The molecular formula is C15H15N. The van der Waals surface area contributed by atoms with Gasteiger partial charge in [0, 0.05) is 18.2 Å². The van der Waals surface area contributed by atoms with Crippen LogP contribution in [0.2, 0.25) is 0 Å². The Morgan fingerprint density at radius 3 is 2.50 bits per heavy atom. The Balaban J connectivity index is 2.05. The summed E-state index contributed by atoms with van der Waals surface area (Å²) in [5.41, 5.74) is 4.15. The van der Waals surface area contributed by atoms with Crippen LogP contribution < -0.4 is 5.32 Å². The number of fused-ring (bicyclic) bond motifs is 1. The van der Waals surface area contributed by atoms with E-state index < -0.39 is 0 Å². The van der Waals surface area contributed by atoms with Gasteiger partial charge >= 0.3 is 0 Å². The largest absolute Gasteiger partial charge is 0.385 e. The molecule has 1 heterocycles. The summed E-state index contributed by atoms with van der Waals surface area (Å²) in [6.07, 6.45) is 1.18. The lowest BCUT2D eigenvalue weighted by Gasteiger charge is -2.27. The zero-order valence-corrected chi connectivity index (χ0v) is 9.19. The molecule has 1 heteroatoms. The average Bonchev–Trinajstić information content (AvgIpc) is 2.39. The summed E-state index contributed by atoms with van der Waals surface area (Å²) in [7, 11) is 0. The molecule has 2 aromatic rings. The molecule has 0 saturated carbocycles. The lowest BCUT2D eigenvalue weighted by atomic mass is 9.85. The van der Waals surface area contributed by atoms with Gasteiger partial charge in [0.25, 0.3) is 0 Å². The third kappa shape index (κ3) is 1.58. The van der Waals surface area contributed by atoms with E-state index in [2.05, 4.69) is 59.9 Å². The van der Waals surface area contributed by atoms with Crippen molar-refractivity contribution >= 4 is 5.69 Å². The number of benzene rings is 2. The molecule has 1 unspecified atom stereocenters. The molecule has 1 N–H and O–H groups in total. The highest BCUT2D eigenvalue weighted by Gasteiger charge is 2.20. The van der Waals surface area contributed by atoms with Crippen LogP contribution >= 0.6 is 0 Å². The van der Waals surface area contributed by atoms with Gasteiger partial charge in [0.05, 0.1) is 0 Å². The second-order valence-electron chi connectivity index (χ2n) is 4.27. The maximum atomic E-state index is 3.46. The molecule has 0 aromatic heterocycles. The number of rotatable bonds is 1. The van der Waals surface area contributed by atoms with Gasteiger partial charge in [0.1, 0.15) is 0 Å². The van der Waals surface area contributed by atoms with Crippen LogP contribution in [0, 0.1) is 0 Å². The summed E-state index contributed by atoms with van der Waals surface area (Å²) in [5.74, 6) is 0.554. The maximum Gasteiger partial charge on any atom is 0.0379 e. The molecule has 0 aliphatic carbocycles. The SMILES string of the molecule is c1ccc(C2CCNc3ccccc32)cc1. The Hall–Kier alpha value is -1.76. The molecule has 1 aliphatic rings. The second kappa shape index (κ2) is 4.01. The van der Waals surface area contributed by atoms with Crippen molar-refractivity contribution in [1.29, 1.82) is 0 Å². The van der Waals surface area contributed by atoms with Crippen molar-refractivity contribution in [2.45, 2.75) is 12.3 Å². The number of hydrogen-bond donors (Lipinski definition) is 1. The van der Waals surface area contributed by atoms with E-state index in [-0.39, 0.29) is 0 Å². The van der Waals surface area contributed by atoms with Crippen LogP contribution in [0.3, 0.4) is 0 Å². The fraction of sp³-hybridized carbons (Fsp3) is 0.200. The van der Waals surface area contributed by atoms with Crippen molar-refractivity contribution in [3.8, 4) is 0 Å². The Labute approximate surface area is 96.1 Å². The molecule has 0 bridgehead atoms. The van der Waals surface area contributed by atoms with E-state index in [4.69, 9.17) is 0 Å². The zero-order chi connectivity index (χ0) is 10.8. The van der Waals surface area contributed by atoms with Crippen LogP contribution in [0.1, 0.15) is 23.5 Å². The van der Waals surface area contributed by atoms with Gasteiger partial charge in [0.15, 0.2) is 0 Å². The molecular weight excluding hydrogens is 194 g/mol. The lowest BCUT2D eigenvalue weighted by Crippen LogP contribution is -2.17. The van der Waals surface area contributed by atoms with E-state index in [1.165, 1.54) is 23.2 Å². The van der Waals surface area contributed by atoms with Crippen molar-refractivity contribution in [3.05, 3.63) is 65.7 Å². The molecule has 2 aromatic carbocycles.